The van der Waals surface area contributed by atoms with Gasteiger partial charge in [-0.05, 0) is 74.7 Å². The molecule has 0 saturated heterocycles. The summed E-state index contributed by atoms with van der Waals surface area (Å²) in [5.41, 5.74) is 0.808. The lowest BCUT2D eigenvalue weighted by Crippen LogP contribution is -2.13. The minimum absolute atomic E-state index is 0.0256. The van der Waals surface area contributed by atoms with Gasteiger partial charge < -0.3 is 9.50 Å². The van der Waals surface area contributed by atoms with Gasteiger partial charge in [0.25, 0.3) is 5.91 Å². The van der Waals surface area contributed by atoms with Crippen LogP contribution in [0.4, 0.5) is 5.69 Å². The van der Waals surface area contributed by atoms with E-state index in [9.17, 15) is 18.5 Å². The molecule has 0 aliphatic heterocycles. The number of benzene rings is 4. The average Bonchev–Trinajstić information content (AvgIpc) is 2.83. The molecule has 0 radical (unpaired) electrons. The van der Waals surface area contributed by atoms with Crippen molar-refractivity contribution < 1.29 is 17.4 Å². The molecule has 0 fully saturated rings. The third-order valence-corrected chi connectivity index (χ3v) is 6.81. The summed E-state index contributed by atoms with van der Waals surface area (Å²) in [5, 5.41) is 13.8. The molecule has 0 saturated carbocycles. The predicted molar refractivity (Wildman–Crippen MR) is 135 cm³/mol. The number of rotatable bonds is 6. The van der Waals surface area contributed by atoms with Gasteiger partial charge in [0.2, 0.25) is 0 Å². The summed E-state index contributed by atoms with van der Waals surface area (Å²) in [4.78, 5) is 12.6. The molecular formula is C26H17BrN2O4S. The van der Waals surface area contributed by atoms with E-state index in [-0.39, 0.29) is 16.2 Å². The van der Waals surface area contributed by atoms with Gasteiger partial charge in [0, 0.05) is 4.47 Å². The second-order valence-electron chi connectivity index (χ2n) is 7.22. The lowest BCUT2D eigenvalue weighted by Gasteiger charge is -2.09. The van der Waals surface area contributed by atoms with Crippen LogP contribution in [0.5, 0.6) is 5.75 Å². The second-order valence-corrected chi connectivity index (χ2v) is 9.62. The average molecular weight is 533 g/mol. The summed E-state index contributed by atoms with van der Waals surface area (Å²) in [6, 6.07) is 27.2. The van der Waals surface area contributed by atoms with E-state index in [1.165, 1.54) is 24.3 Å². The molecule has 0 aromatic heterocycles. The van der Waals surface area contributed by atoms with Crippen molar-refractivity contribution in [3.8, 4) is 11.8 Å². The lowest BCUT2D eigenvalue weighted by atomic mass is 10.1. The van der Waals surface area contributed by atoms with Crippen molar-refractivity contribution in [2.75, 3.05) is 5.32 Å². The number of nitrogens with one attached hydrogen (secondary N) is 1. The van der Waals surface area contributed by atoms with Crippen LogP contribution in [0, 0.1) is 11.3 Å². The number of nitrogens with zero attached hydrogens (tertiary/aromatic N) is 1. The van der Waals surface area contributed by atoms with Crippen molar-refractivity contribution in [2.24, 2.45) is 0 Å². The minimum atomic E-state index is -4.09. The monoisotopic (exact) mass is 532 g/mol. The summed E-state index contributed by atoms with van der Waals surface area (Å²) >= 11 is 3.34. The maximum atomic E-state index is 12.8. The highest BCUT2D eigenvalue weighted by Gasteiger charge is 2.18. The number of carbonyl (C=O) groups excluding carboxylic acids is 1. The molecule has 1 N–H and O–H groups in total. The maximum Gasteiger partial charge on any atom is 0.339 e. The number of fused-ring (bicyclic) bond motifs is 1. The van der Waals surface area contributed by atoms with Gasteiger partial charge >= 0.3 is 10.1 Å². The number of carbonyl (C=O) groups is 1. The Bertz CT molecular complexity index is 1570. The lowest BCUT2D eigenvalue weighted by molar-refractivity contribution is -0.112. The zero-order valence-corrected chi connectivity index (χ0v) is 20.0. The van der Waals surface area contributed by atoms with Crippen molar-refractivity contribution in [3.05, 3.63) is 107 Å². The zero-order valence-electron chi connectivity index (χ0n) is 17.6. The first kappa shape index (κ1) is 23.2. The number of hydrogen-bond acceptors (Lipinski definition) is 5. The molecule has 0 aliphatic rings. The van der Waals surface area contributed by atoms with Crippen LogP contribution < -0.4 is 9.50 Å². The second kappa shape index (κ2) is 9.91. The fourth-order valence-electron chi connectivity index (χ4n) is 3.22. The number of nitriles is 1. The molecule has 0 bridgehead atoms. The third-order valence-electron chi connectivity index (χ3n) is 4.87. The molecule has 168 valence electrons. The molecule has 6 nitrogen and oxygen atoms in total. The molecule has 4 aromatic rings. The Hall–Kier alpha value is -3.93. The highest BCUT2D eigenvalue weighted by atomic mass is 79.9. The van der Waals surface area contributed by atoms with E-state index in [2.05, 4.69) is 21.2 Å². The van der Waals surface area contributed by atoms with E-state index in [0.29, 0.717) is 15.7 Å². The quantitative estimate of drug-likeness (QED) is 0.189. The Kier molecular flexibility index (Phi) is 6.77. The predicted octanol–water partition coefficient (Wildman–Crippen LogP) is 5.92. The first-order valence-electron chi connectivity index (χ1n) is 10.1. The van der Waals surface area contributed by atoms with Gasteiger partial charge in [-0.25, -0.2) is 0 Å². The van der Waals surface area contributed by atoms with Gasteiger partial charge in [-0.1, -0.05) is 54.6 Å². The molecular weight excluding hydrogens is 516 g/mol. The number of hydrogen-bond donors (Lipinski definition) is 1. The van der Waals surface area contributed by atoms with Gasteiger partial charge in [0.05, 0.1) is 5.69 Å². The third kappa shape index (κ3) is 5.34. The molecule has 4 aromatic carbocycles. The standard InChI is InChI=1S/C26H17BrN2O4S/c27-24-10-3-4-11-25(24)29-26(30)21(17-28)14-18-6-5-9-22(15-18)33-34(31,32)23-13-12-19-7-1-2-8-20(19)16-23/h1-16H,(H,29,30)/b21-14+. The Labute approximate surface area is 205 Å². The van der Waals surface area contributed by atoms with Gasteiger partial charge in [-0.3, -0.25) is 4.79 Å². The molecule has 34 heavy (non-hydrogen) atoms. The first-order chi connectivity index (χ1) is 16.4. The molecule has 0 unspecified atom stereocenters. The van der Waals surface area contributed by atoms with Crippen LogP contribution in [0.15, 0.2) is 106 Å². The van der Waals surface area contributed by atoms with Gasteiger partial charge in [-0.15, -0.1) is 0 Å². The fourth-order valence-corrected chi connectivity index (χ4v) is 4.56. The Balaban J connectivity index is 1.56. The zero-order chi connectivity index (χ0) is 24.1. The van der Waals surface area contributed by atoms with Gasteiger partial charge in [0.15, 0.2) is 0 Å². The van der Waals surface area contributed by atoms with Crippen molar-refractivity contribution in [3.63, 3.8) is 0 Å². The SMILES string of the molecule is N#C/C(=C\c1cccc(OS(=O)(=O)c2ccc3ccccc3c2)c1)C(=O)Nc1ccccc1Br. The van der Waals surface area contributed by atoms with Crippen LogP contribution in [0.2, 0.25) is 0 Å². The summed E-state index contributed by atoms with van der Waals surface area (Å²) in [7, 11) is -4.09. The highest BCUT2D eigenvalue weighted by molar-refractivity contribution is 9.10. The molecule has 0 spiro atoms. The van der Waals surface area contributed by atoms with E-state index in [0.717, 1.165) is 10.8 Å². The van der Waals surface area contributed by atoms with Crippen LogP contribution in [-0.4, -0.2) is 14.3 Å². The van der Waals surface area contributed by atoms with Gasteiger partial charge in [-0.2, -0.15) is 13.7 Å². The van der Waals surface area contributed by atoms with Crippen molar-refractivity contribution in [2.45, 2.75) is 4.90 Å². The fraction of sp³-hybridized carbons (Fsp3) is 0. The van der Waals surface area contributed by atoms with Crippen LogP contribution in [-0.2, 0) is 14.9 Å². The van der Waals surface area contributed by atoms with Crippen molar-refractivity contribution in [1.29, 1.82) is 5.26 Å². The van der Waals surface area contributed by atoms with E-state index in [1.807, 2.05) is 30.3 Å². The van der Waals surface area contributed by atoms with Crippen LogP contribution in [0.1, 0.15) is 5.56 Å². The Morgan fingerprint density at radius 3 is 2.41 bits per heavy atom. The minimum Gasteiger partial charge on any atom is -0.379 e. The first-order valence-corrected chi connectivity index (χ1v) is 12.3. The summed E-state index contributed by atoms with van der Waals surface area (Å²) in [5.74, 6) is -0.532. The van der Waals surface area contributed by atoms with E-state index >= 15 is 0 Å². The van der Waals surface area contributed by atoms with Crippen molar-refractivity contribution in [1.82, 2.24) is 0 Å². The molecule has 0 aliphatic carbocycles. The summed E-state index contributed by atoms with van der Waals surface area (Å²) in [6.45, 7) is 0. The van der Waals surface area contributed by atoms with E-state index < -0.39 is 16.0 Å². The molecule has 8 heteroatoms. The summed E-state index contributed by atoms with van der Waals surface area (Å²) in [6.07, 6.45) is 1.36. The normalized spacial score (nSPS) is 11.6. The van der Waals surface area contributed by atoms with Crippen LogP contribution >= 0.6 is 15.9 Å². The largest absolute Gasteiger partial charge is 0.379 e. The Morgan fingerprint density at radius 2 is 1.65 bits per heavy atom. The maximum absolute atomic E-state index is 12.8. The van der Waals surface area contributed by atoms with Crippen LogP contribution in [0.25, 0.3) is 16.8 Å². The molecule has 0 heterocycles. The summed E-state index contributed by atoms with van der Waals surface area (Å²) < 4.78 is 31.6. The topological polar surface area (TPSA) is 96.3 Å². The molecule has 1 amide bonds. The number of para-hydroxylation sites is 1. The number of amides is 1. The smallest absolute Gasteiger partial charge is 0.339 e. The van der Waals surface area contributed by atoms with Gasteiger partial charge in [0.1, 0.15) is 22.3 Å². The molecule has 4 rings (SSSR count). The van der Waals surface area contributed by atoms with Crippen LogP contribution in [0.3, 0.4) is 0 Å². The number of halogens is 1. The highest BCUT2D eigenvalue weighted by Crippen LogP contribution is 2.25. The van der Waals surface area contributed by atoms with E-state index in [1.54, 1.807) is 48.5 Å². The van der Waals surface area contributed by atoms with E-state index in [4.69, 9.17) is 4.18 Å². The Morgan fingerprint density at radius 1 is 0.912 bits per heavy atom. The number of anilines is 1. The molecule has 0 atom stereocenters. The van der Waals surface area contributed by atoms with Crippen molar-refractivity contribution >= 4 is 54.5 Å².